The highest BCUT2D eigenvalue weighted by Gasteiger charge is 2.22. The molecule has 8 heteroatoms. The van der Waals surface area contributed by atoms with Crippen molar-refractivity contribution in [1.82, 2.24) is 16.1 Å². The van der Waals surface area contributed by atoms with Crippen LogP contribution in [0.4, 0.5) is 0 Å². The topological polar surface area (TPSA) is 128 Å². The third-order valence-corrected chi connectivity index (χ3v) is 2.85. The number of rotatable bonds is 7. The van der Waals surface area contributed by atoms with Crippen molar-refractivity contribution in [2.45, 2.75) is 13.0 Å². The van der Waals surface area contributed by atoms with E-state index >= 15 is 0 Å². The lowest BCUT2D eigenvalue weighted by atomic mass is 10.1. The van der Waals surface area contributed by atoms with E-state index in [1.54, 1.807) is 30.3 Å². The number of hydroxylamine groups is 1. The fourth-order valence-corrected chi connectivity index (χ4v) is 1.68. The van der Waals surface area contributed by atoms with Crippen molar-refractivity contribution in [3.63, 3.8) is 0 Å². The van der Waals surface area contributed by atoms with Crippen molar-refractivity contribution >= 4 is 23.8 Å². The quantitative estimate of drug-likeness (QED) is 0.147. The number of carbonyl (C=O) groups excluding carboxylic acids is 3. The summed E-state index contributed by atoms with van der Waals surface area (Å²) in [6, 6.07) is 7.66. The largest absolute Gasteiger partial charge is 0.395 e. The lowest BCUT2D eigenvalue weighted by molar-refractivity contribution is -0.131. The summed E-state index contributed by atoms with van der Waals surface area (Å²) in [7, 11) is 0. The second-order valence-corrected chi connectivity index (χ2v) is 4.62. The van der Waals surface area contributed by atoms with E-state index in [0.717, 1.165) is 0 Å². The molecule has 0 saturated carbocycles. The maximum Gasteiger partial charge on any atom is 0.280 e. The van der Waals surface area contributed by atoms with Crippen LogP contribution < -0.4 is 16.1 Å². The molecule has 0 unspecified atom stereocenters. The van der Waals surface area contributed by atoms with E-state index in [0.29, 0.717) is 5.56 Å². The van der Waals surface area contributed by atoms with Crippen LogP contribution in [-0.2, 0) is 14.4 Å². The zero-order valence-corrected chi connectivity index (χ0v) is 12.6. The highest BCUT2D eigenvalue weighted by Crippen LogP contribution is 2.07. The number of carbonyl (C=O) groups is 3. The summed E-state index contributed by atoms with van der Waals surface area (Å²) in [5.41, 5.74) is 1.64. The van der Waals surface area contributed by atoms with Crippen LogP contribution in [0.15, 0.2) is 35.9 Å². The number of aliphatic hydroxyl groups is 1. The fourth-order valence-electron chi connectivity index (χ4n) is 1.68. The minimum absolute atomic E-state index is 0.0584. The second-order valence-electron chi connectivity index (χ2n) is 4.62. The number of hydrogen-bond acceptors (Lipinski definition) is 5. The number of nitrogens with one attached hydrogen (secondary N) is 3. The van der Waals surface area contributed by atoms with Crippen LogP contribution >= 0.6 is 0 Å². The second kappa shape index (κ2) is 9.34. The van der Waals surface area contributed by atoms with Gasteiger partial charge in [0.2, 0.25) is 5.91 Å². The number of aliphatic hydroxyl groups excluding tert-OH is 1. The molecule has 0 fully saturated rings. The van der Waals surface area contributed by atoms with Crippen LogP contribution in [0.5, 0.6) is 0 Å². The summed E-state index contributed by atoms with van der Waals surface area (Å²) in [6.45, 7) is 1.27. The van der Waals surface area contributed by atoms with E-state index in [4.69, 9.17) is 10.3 Å². The maximum absolute atomic E-state index is 12.2. The van der Waals surface area contributed by atoms with E-state index in [2.05, 4.69) is 10.6 Å². The van der Waals surface area contributed by atoms with Crippen LogP contribution in [0.25, 0.3) is 6.08 Å². The summed E-state index contributed by atoms with van der Waals surface area (Å²) in [4.78, 5) is 35.5. The third kappa shape index (κ3) is 5.89. The molecule has 0 radical (unpaired) electrons. The molecular weight excluding hydrogens is 302 g/mol. The zero-order valence-electron chi connectivity index (χ0n) is 12.6. The summed E-state index contributed by atoms with van der Waals surface area (Å²) in [5, 5.41) is 22.2. The molecule has 0 heterocycles. The molecule has 0 saturated heterocycles. The number of benzene rings is 1. The van der Waals surface area contributed by atoms with Gasteiger partial charge in [-0.25, -0.2) is 5.48 Å². The van der Waals surface area contributed by atoms with Crippen molar-refractivity contribution < 1.29 is 24.7 Å². The molecule has 1 atom stereocenters. The average molecular weight is 321 g/mol. The van der Waals surface area contributed by atoms with Crippen LogP contribution in [-0.4, -0.2) is 47.2 Å². The Morgan fingerprint density at radius 2 is 1.83 bits per heavy atom. The highest BCUT2D eigenvalue weighted by molar-refractivity contribution is 6.21. The van der Waals surface area contributed by atoms with Gasteiger partial charge in [-0.15, -0.1) is 0 Å². The smallest absolute Gasteiger partial charge is 0.280 e. The lowest BCUT2D eigenvalue weighted by Gasteiger charge is -2.14. The Morgan fingerprint density at radius 1 is 1.17 bits per heavy atom. The molecule has 0 aliphatic carbocycles. The number of amides is 3. The van der Waals surface area contributed by atoms with Crippen molar-refractivity contribution in [3.05, 3.63) is 41.5 Å². The Labute approximate surface area is 133 Å². The van der Waals surface area contributed by atoms with E-state index in [-0.39, 0.29) is 18.7 Å². The molecule has 5 N–H and O–H groups in total. The SMILES string of the molecule is C[C@H](NC(=O)/C(=C\c1ccccc1)C(=O)NO)C(=O)NCCO. The standard InChI is InChI=1S/C15H19N3O5/c1-10(13(20)16-7-8-19)17-14(21)12(15(22)18-23)9-11-5-3-2-4-6-11/h2-6,9-10,19,23H,7-8H2,1H3,(H,16,20)(H,17,21)(H,18,22)/b12-9+/t10-/m0/s1. The fraction of sp³-hybridized carbons (Fsp3) is 0.267. The van der Waals surface area contributed by atoms with Gasteiger partial charge in [0, 0.05) is 6.54 Å². The summed E-state index contributed by atoms with van der Waals surface area (Å²) >= 11 is 0. The van der Waals surface area contributed by atoms with Gasteiger partial charge in [0.05, 0.1) is 6.61 Å². The lowest BCUT2D eigenvalue weighted by Crippen LogP contribution is -2.47. The van der Waals surface area contributed by atoms with Crippen LogP contribution in [0.2, 0.25) is 0 Å². The summed E-state index contributed by atoms with van der Waals surface area (Å²) < 4.78 is 0. The molecule has 0 bridgehead atoms. The van der Waals surface area contributed by atoms with Crippen molar-refractivity contribution in [3.8, 4) is 0 Å². The predicted octanol–water partition coefficient (Wildman–Crippen LogP) is -0.811. The van der Waals surface area contributed by atoms with Crippen molar-refractivity contribution in [1.29, 1.82) is 0 Å². The molecular formula is C15H19N3O5. The van der Waals surface area contributed by atoms with Crippen LogP contribution in [0, 0.1) is 0 Å². The molecule has 0 aliphatic rings. The molecule has 1 rings (SSSR count). The zero-order chi connectivity index (χ0) is 17.2. The van der Waals surface area contributed by atoms with Gasteiger partial charge in [-0.3, -0.25) is 19.6 Å². The summed E-state index contributed by atoms with van der Waals surface area (Å²) in [6.07, 6.45) is 1.29. The van der Waals surface area contributed by atoms with E-state index < -0.39 is 23.8 Å². The Bertz CT molecular complexity index is 586. The maximum atomic E-state index is 12.2. The minimum atomic E-state index is -0.991. The van der Waals surface area contributed by atoms with Gasteiger partial charge in [0.1, 0.15) is 11.6 Å². The molecule has 23 heavy (non-hydrogen) atoms. The van der Waals surface area contributed by atoms with Crippen LogP contribution in [0.3, 0.4) is 0 Å². The van der Waals surface area contributed by atoms with Gasteiger partial charge < -0.3 is 15.7 Å². The van der Waals surface area contributed by atoms with Gasteiger partial charge in [-0.05, 0) is 18.6 Å². The molecule has 3 amide bonds. The van der Waals surface area contributed by atoms with Gasteiger partial charge >= 0.3 is 0 Å². The molecule has 0 aliphatic heterocycles. The van der Waals surface area contributed by atoms with E-state index in [1.807, 2.05) is 0 Å². The van der Waals surface area contributed by atoms with Gasteiger partial charge in [0.15, 0.2) is 0 Å². The van der Waals surface area contributed by atoms with Crippen LogP contribution in [0.1, 0.15) is 12.5 Å². The minimum Gasteiger partial charge on any atom is -0.395 e. The molecule has 8 nitrogen and oxygen atoms in total. The van der Waals surface area contributed by atoms with Gasteiger partial charge in [-0.1, -0.05) is 30.3 Å². The van der Waals surface area contributed by atoms with Gasteiger partial charge in [0.25, 0.3) is 11.8 Å². The average Bonchev–Trinajstić information content (AvgIpc) is 2.57. The first-order valence-electron chi connectivity index (χ1n) is 6.90. The summed E-state index contributed by atoms with van der Waals surface area (Å²) in [5.74, 6) is -2.31. The first-order chi connectivity index (χ1) is 11.0. The first kappa shape index (κ1) is 18.3. The van der Waals surface area contributed by atoms with Crippen molar-refractivity contribution in [2.75, 3.05) is 13.2 Å². The van der Waals surface area contributed by atoms with Crippen molar-refractivity contribution in [2.24, 2.45) is 0 Å². The highest BCUT2D eigenvalue weighted by atomic mass is 16.5. The van der Waals surface area contributed by atoms with E-state index in [1.165, 1.54) is 18.5 Å². The Kier molecular flexibility index (Phi) is 7.44. The number of hydrogen-bond donors (Lipinski definition) is 5. The molecule has 124 valence electrons. The molecule has 0 spiro atoms. The van der Waals surface area contributed by atoms with E-state index in [9.17, 15) is 14.4 Å². The Balaban J connectivity index is 2.87. The molecule has 0 aromatic heterocycles. The predicted molar refractivity (Wildman–Crippen MR) is 82.0 cm³/mol. The van der Waals surface area contributed by atoms with Gasteiger partial charge in [-0.2, -0.15) is 0 Å². The Hall–Kier alpha value is -2.71. The first-order valence-corrected chi connectivity index (χ1v) is 6.90. The molecule has 1 aromatic rings. The monoisotopic (exact) mass is 321 g/mol. The molecule has 1 aromatic carbocycles. The normalized spacial score (nSPS) is 12.2. The Morgan fingerprint density at radius 3 is 2.39 bits per heavy atom. The third-order valence-electron chi connectivity index (χ3n) is 2.85.